The number of rotatable bonds is 6. The van der Waals surface area contributed by atoms with E-state index in [0.717, 1.165) is 23.8 Å². The minimum Gasteiger partial charge on any atom is -0.466 e. The number of halogens is 3. The number of anilines is 3. The monoisotopic (exact) mass is 557 g/mol. The Morgan fingerprint density at radius 3 is 2.65 bits per heavy atom. The maximum atomic E-state index is 13.5. The number of alkyl halides is 3. The number of carbonyl (C=O) groups is 2. The summed E-state index contributed by atoms with van der Waals surface area (Å²) in [5.41, 5.74) is -1.49. The molecule has 0 aliphatic carbocycles. The molecule has 0 fully saturated rings. The Morgan fingerprint density at radius 1 is 1.25 bits per heavy atom. The molecule has 0 bridgehead atoms. The van der Waals surface area contributed by atoms with Gasteiger partial charge in [0, 0.05) is 29.2 Å². The molecule has 4 rings (SSSR count). The summed E-state index contributed by atoms with van der Waals surface area (Å²) in [4.78, 5) is 39.9. The first kappa shape index (κ1) is 27.9. The Kier molecular flexibility index (Phi) is 7.64. The van der Waals surface area contributed by atoms with Crippen molar-refractivity contribution >= 4 is 29.3 Å². The molecule has 1 aliphatic heterocycles. The van der Waals surface area contributed by atoms with Gasteiger partial charge in [-0.3, -0.25) is 4.90 Å². The normalized spacial score (nSPS) is 14.8. The van der Waals surface area contributed by atoms with Crippen LogP contribution in [0.15, 0.2) is 58.5 Å². The summed E-state index contributed by atoms with van der Waals surface area (Å²) >= 11 is 0. The number of methoxy groups -OCH3 is 1. The van der Waals surface area contributed by atoms with Crippen molar-refractivity contribution < 1.29 is 32.6 Å². The van der Waals surface area contributed by atoms with E-state index in [-0.39, 0.29) is 52.9 Å². The maximum Gasteiger partial charge on any atom is 0.416 e. The van der Waals surface area contributed by atoms with Gasteiger partial charge in [0.15, 0.2) is 0 Å². The average Bonchev–Trinajstić information content (AvgIpc) is 3.31. The van der Waals surface area contributed by atoms with Crippen LogP contribution in [-0.4, -0.2) is 52.1 Å². The molecule has 4 N–H and O–H groups in total. The zero-order valence-corrected chi connectivity index (χ0v) is 21.0. The van der Waals surface area contributed by atoms with Crippen molar-refractivity contribution in [3.63, 3.8) is 0 Å². The molecule has 0 saturated heterocycles. The zero-order chi connectivity index (χ0) is 29.2. The number of aliphatic hydroxyl groups is 1. The van der Waals surface area contributed by atoms with Crippen molar-refractivity contribution in [3.8, 4) is 6.07 Å². The summed E-state index contributed by atoms with van der Waals surface area (Å²) in [7, 11) is 1.10. The molecule has 1 atom stereocenters. The fourth-order valence-corrected chi connectivity index (χ4v) is 4.39. The van der Waals surface area contributed by atoms with Gasteiger partial charge in [-0.2, -0.15) is 18.4 Å². The first-order chi connectivity index (χ1) is 19.0. The SMILES string of the molecule is COC(=O)C1=C(C)N(c2cccc(C(F)(F)F)c2)c2n[nH]c(=O)n2[C@@H]1c1ccc(C#N)cc1NC(=O)NCCO. The van der Waals surface area contributed by atoms with E-state index < -0.39 is 35.5 Å². The lowest BCUT2D eigenvalue weighted by Gasteiger charge is -2.36. The standard InChI is InChI=1S/C25H22F3N7O5/c1-13-19(21(37)40-2)20(17-7-6-14(12-29)10-18(17)31-22(38)30-8-9-36)35-23(32-33-24(35)39)34(13)16-5-3-4-15(11-16)25(26,27)28/h3-7,10-11,20,36H,8-9H2,1-2H3,(H,33,39)(H2,30,31,38)/t20-/m1/s1. The van der Waals surface area contributed by atoms with Crippen LogP contribution in [-0.2, 0) is 15.7 Å². The second-order valence-corrected chi connectivity index (χ2v) is 8.49. The fourth-order valence-electron chi connectivity index (χ4n) is 4.39. The number of aromatic amines is 1. The van der Waals surface area contributed by atoms with Gasteiger partial charge < -0.3 is 20.5 Å². The zero-order valence-electron chi connectivity index (χ0n) is 21.0. The smallest absolute Gasteiger partial charge is 0.416 e. The van der Waals surface area contributed by atoms with Gasteiger partial charge >= 0.3 is 23.9 Å². The molecular formula is C25H22F3N7O5. The lowest BCUT2D eigenvalue weighted by molar-refractivity contribution is -0.138. The van der Waals surface area contributed by atoms with Crippen molar-refractivity contribution in [1.29, 1.82) is 5.26 Å². The first-order valence-corrected chi connectivity index (χ1v) is 11.6. The number of nitrogens with one attached hydrogen (secondary N) is 3. The highest BCUT2D eigenvalue weighted by Crippen LogP contribution is 2.44. The van der Waals surface area contributed by atoms with E-state index in [1.807, 2.05) is 6.07 Å². The van der Waals surface area contributed by atoms with Crippen LogP contribution in [0, 0.1) is 11.3 Å². The van der Waals surface area contributed by atoms with E-state index in [1.54, 1.807) is 0 Å². The molecule has 1 aromatic heterocycles. The molecule has 3 aromatic rings. The van der Waals surface area contributed by atoms with Crippen molar-refractivity contribution in [2.45, 2.75) is 19.1 Å². The van der Waals surface area contributed by atoms with Crippen molar-refractivity contribution in [2.75, 3.05) is 30.5 Å². The summed E-state index contributed by atoms with van der Waals surface area (Å²) in [6, 6.07) is 8.32. The van der Waals surface area contributed by atoms with E-state index in [4.69, 9.17) is 9.84 Å². The summed E-state index contributed by atoms with van der Waals surface area (Å²) in [6.45, 7) is 1.04. The second-order valence-electron chi connectivity index (χ2n) is 8.49. The molecule has 12 nitrogen and oxygen atoms in total. The van der Waals surface area contributed by atoms with Crippen molar-refractivity contribution in [1.82, 2.24) is 20.1 Å². The Hall–Kier alpha value is -5.10. The second kappa shape index (κ2) is 10.9. The lowest BCUT2D eigenvalue weighted by atomic mass is 9.92. The summed E-state index contributed by atoms with van der Waals surface area (Å²) in [5, 5.41) is 29.7. The van der Waals surface area contributed by atoms with Gasteiger partial charge in [-0.1, -0.05) is 12.1 Å². The number of ether oxygens (including phenoxy) is 1. The number of hydrogen-bond acceptors (Lipinski definition) is 8. The number of nitriles is 1. The Bertz CT molecular complexity index is 1600. The topological polar surface area (TPSA) is 165 Å². The van der Waals surface area contributed by atoms with Gasteiger partial charge in [-0.15, -0.1) is 5.10 Å². The lowest BCUT2D eigenvalue weighted by Crippen LogP contribution is -2.38. The highest BCUT2D eigenvalue weighted by atomic mass is 19.4. The predicted octanol–water partition coefficient (Wildman–Crippen LogP) is 2.76. The Balaban J connectivity index is 1.98. The largest absolute Gasteiger partial charge is 0.466 e. The highest BCUT2D eigenvalue weighted by Gasteiger charge is 2.41. The van der Waals surface area contributed by atoms with Crippen LogP contribution in [0.1, 0.15) is 29.7 Å². The Labute approximate surface area is 224 Å². The van der Waals surface area contributed by atoms with Crippen LogP contribution < -0.4 is 21.2 Å². The average molecular weight is 557 g/mol. The third-order valence-electron chi connectivity index (χ3n) is 6.10. The van der Waals surface area contributed by atoms with Crippen LogP contribution >= 0.6 is 0 Å². The number of allylic oxidation sites excluding steroid dienone is 1. The molecule has 15 heteroatoms. The molecule has 0 saturated carbocycles. The van der Waals surface area contributed by atoms with E-state index in [2.05, 4.69) is 20.8 Å². The van der Waals surface area contributed by atoms with Gasteiger partial charge in [-0.25, -0.2) is 24.0 Å². The van der Waals surface area contributed by atoms with Crippen LogP contribution in [0.2, 0.25) is 0 Å². The molecule has 2 aromatic carbocycles. The Morgan fingerprint density at radius 2 is 2.00 bits per heavy atom. The number of fused-ring (bicyclic) bond motifs is 1. The maximum absolute atomic E-state index is 13.5. The van der Waals surface area contributed by atoms with E-state index in [9.17, 15) is 32.8 Å². The summed E-state index contributed by atoms with van der Waals surface area (Å²) in [6.07, 6.45) is -4.66. The molecule has 2 heterocycles. The number of urea groups is 1. The molecule has 0 spiro atoms. The number of aliphatic hydroxyl groups excluding tert-OH is 1. The number of H-pyrrole nitrogens is 1. The predicted molar refractivity (Wildman–Crippen MR) is 135 cm³/mol. The van der Waals surface area contributed by atoms with Crippen LogP contribution in [0.5, 0.6) is 0 Å². The van der Waals surface area contributed by atoms with Gasteiger partial charge in [-0.05, 0) is 37.3 Å². The van der Waals surface area contributed by atoms with Gasteiger partial charge in [0.1, 0.15) is 6.04 Å². The van der Waals surface area contributed by atoms with Crippen molar-refractivity contribution in [3.05, 3.63) is 80.9 Å². The van der Waals surface area contributed by atoms with E-state index in [0.29, 0.717) is 0 Å². The summed E-state index contributed by atoms with van der Waals surface area (Å²) in [5.74, 6) is -1.04. The number of aromatic nitrogens is 3. The van der Waals surface area contributed by atoms with Gasteiger partial charge in [0.25, 0.3) is 0 Å². The number of hydrogen-bond donors (Lipinski definition) is 4. The summed E-state index contributed by atoms with van der Waals surface area (Å²) < 4.78 is 46.6. The molecule has 1 aliphatic rings. The van der Waals surface area contributed by atoms with Crippen LogP contribution in [0.25, 0.3) is 0 Å². The molecule has 0 unspecified atom stereocenters. The third-order valence-corrected chi connectivity index (χ3v) is 6.10. The number of esters is 1. The molecular weight excluding hydrogens is 535 g/mol. The highest BCUT2D eigenvalue weighted by molar-refractivity contribution is 5.95. The molecule has 208 valence electrons. The number of carbonyl (C=O) groups excluding carboxylic acids is 2. The fraction of sp³-hybridized carbons (Fsp3) is 0.240. The van der Waals surface area contributed by atoms with Crippen LogP contribution in [0.4, 0.5) is 35.3 Å². The molecule has 40 heavy (non-hydrogen) atoms. The van der Waals surface area contributed by atoms with Gasteiger partial charge in [0.05, 0.1) is 36.5 Å². The number of amides is 2. The third kappa shape index (κ3) is 5.12. The molecule has 2 amide bonds. The molecule has 0 radical (unpaired) electrons. The number of nitrogens with zero attached hydrogens (tertiary/aromatic N) is 4. The number of benzene rings is 2. The van der Waals surface area contributed by atoms with Gasteiger partial charge in [0.2, 0.25) is 5.95 Å². The minimum atomic E-state index is -4.66. The van der Waals surface area contributed by atoms with E-state index in [1.165, 1.54) is 42.2 Å². The van der Waals surface area contributed by atoms with Crippen LogP contribution in [0.3, 0.4) is 0 Å². The quantitative estimate of drug-likeness (QED) is 0.336. The van der Waals surface area contributed by atoms with Crippen molar-refractivity contribution in [2.24, 2.45) is 0 Å². The van der Waals surface area contributed by atoms with E-state index >= 15 is 0 Å². The minimum absolute atomic E-state index is 0.0333. The first-order valence-electron chi connectivity index (χ1n) is 11.6.